The molecule has 534 valence electrons. The van der Waals surface area contributed by atoms with E-state index in [0.717, 1.165) is 51.4 Å². The Kier molecular flexibility index (Phi) is 70.9. The van der Waals surface area contributed by atoms with Crippen LogP contribution in [0.3, 0.4) is 0 Å². The fraction of sp³-hybridized carbons (Fsp3) is 0.866. The molecule has 0 radical (unpaired) electrons. The third kappa shape index (κ3) is 74.5. The minimum absolute atomic E-state index is 0.179. The molecule has 0 bridgehead atoms. The summed E-state index contributed by atoms with van der Waals surface area (Å²) >= 11 is 0. The lowest BCUT2D eigenvalue weighted by molar-refractivity contribution is -0.870. The number of unbranched alkanes of at least 4 members (excludes halogenated alkanes) is 52. The van der Waals surface area contributed by atoms with E-state index in [1.807, 2.05) is 21.1 Å². The van der Waals surface area contributed by atoms with Crippen molar-refractivity contribution in [1.29, 1.82) is 0 Å². The van der Waals surface area contributed by atoms with E-state index in [1.165, 1.54) is 321 Å². The first kappa shape index (κ1) is 88.2. The van der Waals surface area contributed by atoms with Crippen LogP contribution in [0.5, 0.6) is 0 Å². The normalized spacial score (nSPS) is 12.8. The Morgan fingerprint density at radius 2 is 0.593 bits per heavy atom. The minimum Gasteiger partial charge on any atom is -0.477 e. The van der Waals surface area contributed by atoms with Gasteiger partial charge in [0.05, 0.1) is 34.4 Å². The van der Waals surface area contributed by atoms with Gasteiger partial charge in [0, 0.05) is 12.8 Å². The molecule has 91 heavy (non-hydrogen) atoms. The molecule has 9 heteroatoms. The molecule has 0 aliphatic heterocycles. The van der Waals surface area contributed by atoms with E-state index in [0.29, 0.717) is 17.4 Å². The monoisotopic (exact) mass is 1280 g/mol. The molecule has 0 saturated carbocycles. The molecule has 0 amide bonds. The second kappa shape index (κ2) is 73.1. The minimum atomic E-state index is -1.51. The highest BCUT2D eigenvalue weighted by atomic mass is 16.7. The Morgan fingerprint density at radius 1 is 0.330 bits per heavy atom. The van der Waals surface area contributed by atoms with Gasteiger partial charge in [0.2, 0.25) is 0 Å². The van der Waals surface area contributed by atoms with Crippen molar-refractivity contribution >= 4 is 17.9 Å². The number of aliphatic carboxylic acids is 1. The molecule has 0 aliphatic rings. The first-order valence-electron chi connectivity index (χ1n) is 39.8. The van der Waals surface area contributed by atoms with E-state index in [9.17, 15) is 19.5 Å². The summed E-state index contributed by atoms with van der Waals surface area (Å²) in [7, 11) is 5.99. The quantitative estimate of drug-likeness (QED) is 0.0211. The molecule has 1 N–H and O–H groups in total. The number of ether oxygens (including phenoxy) is 4. The average molecular weight is 1280 g/mol. The van der Waals surface area contributed by atoms with Gasteiger partial charge in [-0.15, -0.1) is 0 Å². The highest BCUT2D eigenvalue weighted by Crippen LogP contribution is 2.19. The zero-order chi connectivity index (χ0) is 66.1. The molecule has 0 fully saturated rings. The number of hydrogen-bond acceptors (Lipinski definition) is 7. The van der Waals surface area contributed by atoms with E-state index in [-0.39, 0.29) is 38.2 Å². The number of rotatable bonds is 75. The topological polar surface area (TPSA) is 108 Å². The molecular formula is C82H154NO8+. The van der Waals surface area contributed by atoms with Crippen molar-refractivity contribution < 1.29 is 42.9 Å². The summed E-state index contributed by atoms with van der Waals surface area (Å²) in [6.45, 7) is 4.93. The lowest BCUT2D eigenvalue weighted by atomic mass is 10.0. The van der Waals surface area contributed by atoms with Crippen molar-refractivity contribution in [1.82, 2.24) is 0 Å². The van der Waals surface area contributed by atoms with Crippen molar-refractivity contribution in [3.8, 4) is 0 Å². The van der Waals surface area contributed by atoms with Gasteiger partial charge < -0.3 is 28.5 Å². The maximum absolute atomic E-state index is 13.0. The molecule has 0 heterocycles. The van der Waals surface area contributed by atoms with Crippen LogP contribution in [0.15, 0.2) is 48.6 Å². The molecular weight excluding hydrogens is 1130 g/mol. The predicted molar refractivity (Wildman–Crippen MR) is 392 cm³/mol. The van der Waals surface area contributed by atoms with Crippen molar-refractivity contribution in [3.63, 3.8) is 0 Å². The van der Waals surface area contributed by atoms with Crippen molar-refractivity contribution in [2.45, 2.75) is 411 Å². The van der Waals surface area contributed by atoms with Gasteiger partial charge in [-0.25, -0.2) is 4.79 Å². The van der Waals surface area contributed by atoms with Gasteiger partial charge in [0.15, 0.2) is 6.10 Å². The third-order valence-corrected chi connectivity index (χ3v) is 18.1. The van der Waals surface area contributed by atoms with Crippen LogP contribution in [0.2, 0.25) is 0 Å². The lowest BCUT2D eigenvalue weighted by Gasteiger charge is -2.25. The number of carboxylic acids is 1. The molecule has 9 nitrogen and oxygen atoms in total. The molecule has 2 unspecified atom stereocenters. The van der Waals surface area contributed by atoms with Gasteiger partial charge in [0.25, 0.3) is 6.29 Å². The van der Waals surface area contributed by atoms with Crippen molar-refractivity contribution in [2.24, 2.45) is 0 Å². The Labute approximate surface area is 565 Å². The van der Waals surface area contributed by atoms with Crippen LogP contribution in [-0.4, -0.2) is 87.4 Å². The fourth-order valence-corrected chi connectivity index (χ4v) is 12.0. The van der Waals surface area contributed by atoms with Crippen LogP contribution < -0.4 is 0 Å². The second-order valence-corrected chi connectivity index (χ2v) is 28.4. The summed E-state index contributed by atoms with van der Waals surface area (Å²) in [5, 5.41) is 9.77. The van der Waals surface area contributed by atoms with E-state index >= 15 is 0 Å². The van der Waals surface area contributed by atoms with E-state index in [4.69, 9.17) is 18.9 Å². The van der Waals surface area contributed by atoms with E-state index < -0.39 is 18.4 Å². The summed E-state index contributed by atoms with van der Waals surface area (Å²) in [5.41, 5.74) is 0. The Hall–Kier alpha value is -2.75. The zero-order valence-corrected chi connectivity index (χ0v) is 61.3. The van der Waals surface area contributed by atoms with Gasteiger partial charge in [-0.1, -0.05) is 358 Å². The molecule has 0 saturated heterocycles. The van der Waals surface area contributed by atoms with Gasteiger partial charge in [0.1, 0.15) is 13.2 Å². The first-order valence-corrected chi connectivity index (χ1v) is 39.8. The van der Waals surface area contributed by atoms with Gasteiger partial charge in [-0.05, 0) is 77.0 Å². The smallest absolute Gasteiger partial charge is 0.361 e. The SMILES string of the molecule is CCCCCCC/C=C\C/C=C\C/C=C\CCCCCCCCCCCCCCC(=O)OC(COC(=O)CCCCCCCCCCCCCCCCCCCCCCCCCCCCC/C=C\CCCCCCCCCC)COC(OCC[N+](C)(C)C)C(=O)O. The standard InChI is InChI=1S/C82H153NO8/c1-6-8-10-12-14-16-18-20-22-24-26-28-30-32-34-35-36-37-38-39-40-41-42-43-44-45-47-48-50-52-54-56-58-60-62-64-66-68-70-72-79(84)89-76-78(77-90-82(81(86)87)88-75-74-83(3,4)5)91-80(85)73-71-69-67-65-63-61-59-57-55-53-51-49-46-33-31-29-27-25-23-21-19-17-15-13-11-9-7-2/h19,21,24-27,31,33,78,82H,6-18,20,22-23,28-30,32,34-77H2,1-5H3/p+1/b21-19-,26-24-,27-25-,33-31-. The molecule has 0 aromatic carbocycles. The van der Waals surface area contributed by atoms with Crippen LogP contribution >= 0.6 is 0 Å². The Bertz CT molecular complexity index is 1630. The number of hydrogen-bond donors (Lipinski definition) is 1. The van der Waals surface area contributed by atoms with Crippen molar-refractivity contribution in [2.75, 3.05) is 47.5 Å². The number of carbonyl (C=O) groups is 3. The van der Waals surface area contributed by atoms with Crippen LogP contribution in [0.25, 0.3) is 0 Å². The van der Waals surface area contributed by atoms with Gasteiger partial charge >= 0.3 is 17.9 Å². The van der Waals surface area contributed by atoms with Crippen LogP contribution in [0.4, 0.5) is 0 Å². The fourth-order valence-electron chi connectivity index (χ4n) is 12.0. The van der Waals surface area contributed by atoms with E-state index in [2.05, 4.69) is 62.5 Å². The predicted octanol–water partition coefficient (Wildman–Crippen LogP) is 25.3. The number of carbonyl (C=O) groups excluding carboxylic acids is 2. The third-order valence-electron chi connectivity index (χ3n) is 18.1. The van der Waals surface area contributed by atoms with E-state index in [1.54, 1.807) is 0 Å². The zero-order valence-electron chi connectivity index (χ0n) is 61.3. The Morgan fingerprint density at radius 3 is 0.890 bits per heavy atom. The van der Waals surface area contributed by atoms with Gasteiger partial charge in [-0.3, -0.25) is 9.59 Å². The summed E-state index contributed by atoms with van der Waals surface area (Å²) in [6, 6.07) is 0. The summed E-state index contributed by atoms with van der Waals surface area (Å²) < 4.78 is 23.0. The molecule has 0 aromatic rings. The average Bonchev–Trinajstić information content (AvgIpc) is 3.46. The maximum Gasteiger partial charge on any atom is 0.361 e. The van der Waals surface area contributed by atoms with Crippen LogP contribution in [0.1, 0.15) is 399 Å². The molecule has 0 spiro atoms. The van der Waals surface area contributed by atoms with Crippen LogP contribution in [-0.2, 0) is 33.3 Å². The number of carboxylic acid groups (broad SMARTS) is 1. The molecule has 0 aromatic heterocycles. The van der Waals surface area contributed by atoms with Crippen LogP contribution in [0, 0.1) is 0 Å². The molecule has 0 aliphatic carbocycles. The van der Waals surface area contributed by atoms with Crippen molar-refractivity contribution in [3.05, 3.63) is 48.6 Å². The number of nitrogens with zero attached hydrogens (tertiary/aromatic N) is 1. The first-order chi connectivity index (χ1) is 44.6. The Balaban J connectivity index is 3.96. The number of esters is 2. The number of allylic oxidation sites excluding steroid dienone is 8. The highest BCUT2D eigenvalue weighted by Gasteiger charge is 2.25. The largest absolute Gasteiger partial charge is 0.477 e. The second-order valence-electron chi connectivity index (χ2n) is 28.4. The lowest BCUT2D eigenvalue weighted by Crippen LogP contribution is -2.40. The van der Waals surface area contributed by atoms with Gasteiger partial charge in [-0.2, -0.15) is 0 Å². The number of likely N-dealkylation sites (N-methyl/N-ethyl adjacent to an activating group) is 1. The summed E-state index contributed by atoms with van der Waals surface area (Å²) in [6.07, 6.45) is 92.7. The summed E-state index contributed by atoms with van der Waals surface area (Å²) in [4.78, 5) is 37.7. The number of quaternary nitrogens is 1. The molecule has 2 atom stereocenters. The summed E-state index contributed by atoms with van der Waals surface area (Å²) in [5.74, 6) is -1.98. The molecule has 0 rings (SSSR count). The highest BCUT2D eigenvalue weighted by molar-refractivity contribution is 5.71. The maximum atomic E-state index is 13.0.